The van der Waals surface area contributed by atoms with E-state index in [1.807, 2.05) is 19.1 Å². The van der Waals surface area contributed by atoms with E-state index < -0.39 is 0 Å². The van der Waals surface area contributed by atoms with Crippen molar-refractivity contribution in [2.24, 2.45) is 10.8 Å². The minimum atomic E-state index is -0.160. The van der Waals surface area contributed by atoms with Gasteiger partial charge in [0.15, 0.2) is 0 Å². The summed E-state index contributed by atoms with van der Waals surface area (Å²) < 4.78 is 0. The lowest BCUT2D eigenvalue weighted by molar-refractivity contribution is -0.120. The van der Waals surface area contributed by atoms with Crippen LogP contribution in [0.1, 0.15) is 62.1 Å². The fraction of sp³-hybridized carbons (Fsp3) is 0.500. The van der Waals surface area contributed by atoms with Crippen molar-refractivity contribution in [2.75, 3.05) is 23.7 Å². The summed E-state index contributed by atoms with van der Waals surface area (Å²) in [5, 5.41) is 11.1. The average molecular weight is 438 g/mol. The summed E-state index contributed by atoms with van der Waals surface area (Å²) >= 11 is 6.66. The van der Waals surface area contributed by atoms with Gasteiger partial charge in [-0.25, -0.2) is 0 Å². The lowest BCUT2D eigenvalue weighted by Gasteiger charge is -2.26. The molecule has 1 unspecified atom stereocenters. The minimum absolute atomic E-state index is 0.129. The zero-order chi connectivity index (χ0) is 21.6. The Morgan fingerprint density at radius 2 is 1.84 bits per heavy atom. The summed E-state index contributed by atoms with van der Waals surface area (Å²) in [5.74, 6) is 0.684. The van der Waals surface area contributed by atoms with Crippen molar-refractivity contribution < 1.29 is 4.79 Å². The number of nitrogens with one attached hydrogen (secondary N) is 3. The lowest BCUT2D eigenvalue weighted by Crippen LogP contribution is -2.24. The number of halogens is 1. The normalized spacial score (nSPS) is 22.7. The molecular formula is C26H32ClN3O. The van der Waals surface area contributed by atoms with E-state index in [0.29, 0.717) is 17.9 Å². The molecule has 3 N–H and O–H groups in total. The molecule has 2 aromatic rings. The van der Waals surface area contributed by atoms with Crippen molar-refractivity contribution in [3.8, 4) is 0 Å². The minimum Gasteiger partial charge on any atom is -0.380 e. The zero-order valence-electron chi connectivity index (χ0n) is 18.5. The van der Waals surface area contributed by atoms with Crippen LogP contribution in [0.2, 0.25) is 5.02 Å². The average Bonchev–Trinajstić information content (AvgIpc) is 3.67. The predicted octanol–water partition coefficient (Wildman–Crippen LogP) is 5.72. The van der Waals surface area contributed by atoms with E-state index in [-0.39, 0.29) is 11.3 Å². The first kappa shape index (κ1) is 20.8. The van der Waals surface area contributed by atoms with Crippen LogP contribution in [0.25, 0.3) is 0 Å². The summed E-state index contributed by atoms with van der Waals surface area (Å²) in [7, 11) is 0. The van der Waals surface area contributed by atoms with Crippen molar-refractivity contribution in [1.29, 1.82) is 0 Å². The van der Waals surface area contributed by atoms with Gasteiger partial charge in [0.25, 0.3) is 0 Å². The number of hydrogen-bond donors (Lipinski definition) is 3. The van der Waals surface area contributed by atoms with Gasteiger partial charge in [0.05, 0.1) is 10.7 Å². The van der Waals surface area contributed by atoms with E-state index in [1.165, 1.54) is 29.5 Å². The van der Waals surface area contributed by atoms with Crippen molar-refractivity contribution >= 4 is 28.9 Å². The van der Waals surface area contributed by atoms with Crippen LogP contribution in [-0.2, 0) is 17.8 Å². The molecule has 5 rings (SSSR count). The molecule has 2 aliphatic carbocycles. The van der Waals surface area contributed by atoms with Crippen molar-refractivity contribution in [1.82, 2.24) is 5.32 Å². The molecule has 1 amide bonds. The first-order chi connectivity index (χ1) is 14.9. The number of carbonyl (C=O) groups is 1. The molecule has 31 heavy (non-hydrogen) atoms. The second-order valence-corrected chi connectivity index (χ2v) is 10.6. The Bertz CT molecular complexity index is 992. The predicted molar refractivity (Wildman–Crippen MR) is 128 cm³/mol. The number of carbonyl (C=O) groups excluding carboxylic acids is 1. The summed E-state index contributed by atoms with van der Waals surface area (Å²) in [6.07, 6.45) is 5.59. The van der Waals surface area contributed by atoms with E-state index in [4.69, 9.17) is 11.6 Å². The quantitative estimate of drug-likeness (QED) is 0.541. The van der Waals surface area contributed by atoms with Crippen molar-refractivity contribution in [3.05, 3.63) is 58.1 Å². The fourth-order valence-electron chi connectivity index (χ4n) is 4.75. The van der Waals surface area contributed by atoms with Gasteiger partial charge in [-0.15, -0.1) is 0 Å². The Hall–Kier alpha value is -2.04. The molecule has 0 aromatic heterocycles. The smallest absolute Gasteiger partial charge is 0.230 e. The Labute approximate surface area is 190 Å². The highest BCUT2D eigenvalue weighted by Gasteiger charge is 2.46. The third-order valence-corrected chi connectivity index (χ3v) is 8.00. The van der Waals surface area contributed by atoms with Crippen LogP contribution >= 0.6 is 11.6 Å². The summed E-state index contributed by atoms with van der Waals surface area (Å²) in [6.45, 7) is 7.19. The molecule has 1 heterocycles. The Kier molecular flexibility index (Phi) is 5.26. The molecule has 4 nitrogen and oxygen atoms in total. The van der Waals surface area contributed by atoms with Gasteiger partial charge in [-0.3, -0.25) is 4.79 Å². The molecule has 164 valence electrons. The highest BCUT2D eigenvalue weighted by Crippen LogP contribution is 2.57. The SMILES string of the molecule is CC1(C(=O)Nc2ccc(CNc3c(Cl)ccc4c3CCNCC4C3(C)CC3)cc2)CC1. The Morgan fingerprint density at radius 3 is 2.52 bits per heavy atom. The molecule has 0 spiro atoms. The maximum atomic E-state index is 12.3. The van der Waals surface area contributed by atoms with Gasteiger partial charge in [0.1, 0.15) is 0 Å². The van der Waals surface area contributed by atoms with Crippen LogP contribution in [0, 0.1) is 10.8 Å². The van der Waals surface area contributed by atoms with Crippen LogP contribution in [0.5, 0.6) is 0 Å². The molecule has 1 atom stereocenters. The number of rotatable bonds is 6. The molecule has 2 fully saturated rings. The summed E-state index contributed by atoms with van der Waals surface area (Å²) in [5.41, 5.74) is 6.21. The highest BCUT2D eigenvalue weighted by atomic mass is 35.5. The molecule has 2 saturated carbocycles. The summed E-state index contributed by atoms with van der Waals surface area (Å²) in [4.78, 5) is 12.3. The molecule has 5 heteroatoms. The maximum absolute atomic E-state index is 12.3. The highest BCUT2D eigenvalue weighted by molar-refractivity contribution is 6.33. The maximum Gasteiger partial charge on any atom is 0.230 e. The third-order valence-electron chi connectivity index (χ3n) is 7.68. The molecule has 2 aromatic carbocycles. The van der Waals surface area contributed by atoms with Gasteiger partial charge in [-0.1, -0.05) is 43.6 Å². The number of benzene rings is 2. The monoisotopic (exact) mass is 437 g/mol. The topological polar surface area (TPSA) is 53.2 Å². The van der Waals surface area contributed by atoms with E-state index in [0.717, 1.165) is 48.7 Å². The first-order valence-corrected chi connectivity index (χ1v) is 11.9. The van der Waals surface area contributed by atoms with Gasteiger partial charge in [-0.2, -0.15) is 0 Å². The summed E-state index contributed by atoms with van der Waals surface area (Å²) in [6, 6.07) is 12.4. The Morgan fingerprint density at radius 1 is 1.10 bits per heavy atom. The molecule has 0 saturated heterocycles. The van der Waals surface area contributed by atoms with Gasteiger partial charge in [0, 0.05) is 30.1 Å². The van der Waals surface area contributed by atoms with E-state index in [2.05, 4.69) is 47.1 Å². The van der Waals surface area contributed by atoms with Crippen molar-refractivity contribution in [2.45, 2.75) is 58.4 Å². The van der Waals surface area contributed by atoms with E-state index in [1.54, 1.807) is 0 Å². The number of hydrogen-bond acceptors (Lipinski definition) is 3. The lowest BCUT2D eigenvalue weighted by atomic mass is 9.82. The van der Waals surface area contributed by atoms with Crippen LogP contribution in [0.15, 0.2) is 36.4 Å². The van der Waals surface area contributed by atoms with Gasteiger partial charge in [-0.05, 0) is 79.0 Å². The van der Waals surface area contributed by atoms with Gasteiger partial charge >= 0.3 is 0 Å². The zero-order valence-corrected chi connectivity index (χ0v) is 19.2. The molecule has 0 radical (unpaired) electrons. The molecule has 3 aliphatic rings. The van der Waals surface area contributed by atoms with Crippen LogP contribution in [0.4, 0.5) is 11.4 Å². The first-order valence-electron chi connectivity index (χ1n) is 11.5. The standard InChI is InChI=1S/C26H32ClN3O/c1-25(10-11-25)21-16-28-14-9-20-19(21)7-8-22(27)23(20)29-15-17-3-5-18(6-4-17)30-24(31)26(2)12-13-26/h3-8,21,28-29H,9-16H2,1-2H3,(H,30,31). The second kappa shape index (κ2) is 7.83. The third kappa shape index (κ3) is 4.20. The van der Waals surface area contributed by atoms with Crippen molar-refractivity contribution in [3.63, 3.8) is 0 Å². The number of fused-ring (bicyclic) bond motifs is 1. The van der Waals surface area contributed by atoms with Gasteiger partial charge < -0.3 is 16.0 Å². The second-order valence-electron chi connectivity index (χ2n) is 10.2. The van der Waals surface area contributed by atoms with E-state index >= 15 is 0 Å². The van der Waals surface area contributed by atoms with E-state index in [9.17, 15) is 4.79 Å². The van der Waals surface area contributed by atoms with Crippen LogP contribution < -0.4 is 16.0 Å². The largest absolute Gasteiger partial charge is 0.380 e. The number of amides is 1. The van der Waals surface area contributed by atoms with Crippen LogP contribution in [0.3, 0.4) is 0 Å². The molecular weight excluding hydrogens is 406 g/mol. The molecule has 0 bridgehead atoms. The number of anilines is 2. The van der Waals surface area contributed by atoms with Crippen LogP contribution in [-0.4, -0.2) is 19.0 Å². The van der Waals surface area contributed by atoms with Gasteiger partial charge in [0.2, 0.25) is 5.91 Å². The Balaban J connectivity index is 1.31. The fourth-order valence-corrected chi connectivity index (χ4v) is 5.00. The molecule has 1 aliphatic heterocycles.